The molecule has 2 bridgehead atoms. The van der Waals surface area contributed by atoms with Crippen molar-refractivity contribution in [3.05, 3.63) is 53.1 Å². The molecular formula is C28H33FN2O3. The molecule has 5 aliphatic rings. The van der Waals surface area contributed by atoms with E-state index in [0.717, 1.165) is 30.4 Å². The van der Waals surface area contributed by atoms with Gasteiger partial charge < -0.3 is 19.8 Å². The van der Waals surface area contributed by atoms with Gasteiger partial charge in [-0.3, -0.25) is 0 Å². The molecule has 2 spiro atoms. The van der Waals surface area contributed by atoms with E-state index < -0.39 is 29.1 Å². The van der Waals surface area contributed by atoms with Crippen molar-refractivity contribution in [2.75, 3.05) is 14.1 Å². The Labute approximate surface area is 200 Å². The van der Waals surface area contributed by atoms with Crippen LogP contribution >= 0.6 is 0 Å². The molecule has 1 saturated carbocycles. The highest BCUT2D eigenvalue weighted by molar-refractivity contribution is 5.74. The summed E-state index contributed by atoms with van der Waals surface area (Å²) in [6.45, 7) is 2.30. The molecule has 0 amide bonds. The van der Waals surface area contributed by atoms with Crippen molar-refractivity contribution in [2.45, 2.75) is 80.6 Å². The lowest BCUT2D eigenvalue weighted by Crippen LogP contribution is -2.73. The Morgan fingerprint density at radius 1 is 1.15 bits per heavy atom. The minimum Gasteiger partial charge on any atom is -0.389 e. The summed E-state index contributed by atoms with van der Waals surface area (Å²) in [5, 5.41) is 31.0. The van der Waals surface area contributed by atoms with Gasteiger partial charge in [0.2, 0.25) is 0 Å². The second kappa shape index (κ2) is 7.01. The predicted octanol–water partition coefficient (Wildman–Crippen LogP) is 3.75. The van der Waals surface area contributed by atoms with Gasteiger partial charge in [-0.2, -0.15) is 5.26 Å². The number of nitriles is 1. The number of aliphatic hydroxyl groups is 2. The Hall–Kier alpha value is -2.04. The van der Waals surface area contributed by atoms with Crippen LogP contribution in [0.3, 0.4) is 0 Å². The number of nitrogens with zero attached hydrogens (tertiary/aromatic N) is 2. The van der Waals surface area contributed by atoms with Gasteiger partial charge in [0.25, 0.3) is 0 Å². The van der Waals surface area contributed by atoms with Gasteiger partial charge in [-0.05, 0) is 75.0 Å². The monoisotopic (exact) mass is 464 g/mol. The Morgan fingerprint density at radius 3 is 2.56 bits per heavy atom. The van der Waals surface area contributed by atoms with E-state index in [9.17, 15) is 15.5 Å². The van der Waals surface area contributed by atoms with Crippen molar-refractivity contribution in [1.82, 2.24) is 4.90 Å². The summed E-state index contributed by atoms with van der Waals surface area (Å²) in [6.07, 6.45) is 5.29. The third-order valence-electron chi connectivity index (χ3n) is 10.0. The quantitative estimate of drug-likeness (QED) is 0.652. The average Bonchev–Trinajstić information content (AvgIpc) is 3.35. The van der Waals surface area contributed by atoms with Crippen molar-refractivity contribution < 1.29 is 19.3 Å². The van der Waals surface area contributed by atoms with Gasteiger partial charge in [-0.25, -0.2) is 4.39 Å². The molecule has 6 rings (SSSR count). The number of hydrogen-bond donors (Lipinski definition) is 2. The molecule has 2 aliphatic heterocycles. The van der Waals surface area contributed by atoms with E-state index in [1.807, 2.05) is 43.3 Å². The van der Waals surface area contributed by atoms with Gasteiger partial charge in [0.05, 0.1) is 23.3 Å². The zero-order valence-electron chi connectivity index (χ0n) is 20.1. The molecule has 0 aromatic heterocycles. The molecule has 5 nitrogen and oxygen atoms in total. The number of alkyl halides is 1. The Kier molecular flexibility index (Phi) is 4.62. The molecule has 0 radical (unpaired) electrons. The van der Waals surface area contributed by atoms with Crippen molar-refractivity contribution >= 4 is 5.57 Å². The van der Waals surface area contributed by atoms with Crippen LogP contribution in [-0.4, -0.2) is 64.3 Å². The molecule has 2 N–H and O–H groups in total. The number of benzene rings is 1. The summed E-state index contributed by atoms with van der Waals surface area (Å²) in [4.78, 5) is 1.88. The highest BCUT2D eigenvalue weighted by atomic mass is 19.1. The van der Waals surface area contributed by atoms with Gasteiger partial charge in [0.15, 0.2) is 5.67 Å². The van der Waals surface area contributed by atoms with Crippen molar-refractivity contribution in [3.63, 3.8) is 0 Å². The third-order valence-corrected chi connectivity index (χ3v) is 10.0. The largest absolute Gasteiger partial charge is 0.389 e. The maximum Gasteiger partial charge on any atom is 0.171 e. The van der Waals surface area contributed by atoms with E-state index in [4.69, 9.17) is 4.74 Å². The summed E-state index contributed by atoms with van der Waals surface area (Å²) < 4.78 is 23.7. The van der Waals surface area contributed by atoms with Crippen molar-refractivity contribution in [2.24, 2.45) is 11.3 Å². The van der Waals surface area contributed by atoms with E-state index in [0.29, 0.717) is 18.4 Å². The summed E-state index contributed by atoms with van der Waals surface area (Å²) in [7, 11) is 3.73. The number of likely N-dealkylation sites (N-methyl/N-ethyl adjacent to an activating group) is 1. The Bertz CT molecular complexity index is 1140. The first-order valence-electron chi connectivity index (χ1n) is 12.4. The second-order valence-corrected chi connectivity index (χ2v) is 11.6. The number of hydrogen-bond acceptors (Lipinski definition) is 5. The van der Waals surface area contributed by atoms with Crippen molar-refractivity contribution in [1.29, 1.82) is 5.26 Å². The topological polar surface area (TPSA) is 76.7 Å². The van der Waals surface area contributed by atoms with Gasteiger partial charge in [-0.1, -0.05) is 31.2 Å². The van der Waals surface area contributed by atoms with Gasteiger partial charge in [-0.15, -0.1) is 0 Å². The Balaban J connectivity index is 1.40. The minimum absolute atomic E-state index is 0.129. The van der Waals surface area contributed by atoms with Gasteiger partial charge in [0.1, 0.15) is 11.7 Å². The lowest BCUT2D eigenvalue weighted by molar-refractivity contribution is -0.282. The minimum atomic E-state index is -1.99. The molecule has 1 aromatic rings. The highest BCUT2D eigenvalue weighted by Gasteiger charge is 2.76. The SMILES string of the molecule is CN(C)C1CC23CCC4(O2)C(=CCC2(C)C(c5ccc(C#N)cc5)=CCC24)CC3(F)C(O)C1O. The number of allylic oxidation sites excluding steroid dienone is 3. The van der Waals surface area contributed by atoms with Crippen LogP contribution in [0.15, 0.2) is 42.0 Å². The van der Waals surface area contributed by atoms with Crippen LogP contribution in [-0.2, 0) is 4.74 Å². The summed E-state index contributed by atoms with van der Waals surface area (Å²) in [5.74, 6) is 0.191. The highest BCUT2D eigenvalue weighted by Crippen LogP contribution is 2.70. The predicted molar refractivity (Wildman–Crippen MR) is 126 cm³/mol. The molecule has 8 unspecified atom stereocenters. The van der Waals surface area contributed by atoms with E-state index >= 15 is 4.39 Å². The first-order chi connectivity index (χ1) is 16.1. The standard InChI is InChI=1S/C28H33FN2O3/c1-25-11-10-19-14-28(29)24(33)23(32)21(31(2)3)15-26(28)12-13-27(19,34-26)22(25)9-8-20(25)18-6-4-17(16-30)5-7-18/h4-8,10,21-24,32-33H,9,11-15H2,1-3H3. The summed E-state index contributed by atoms with van der Waals surface area (Å²) in [6, 6.07) is 9.62. The molecular weight excluding hydrogens is 431 g/mol. The zero-order valence-corrected chi connectivity index (χ0v) is 20.1. The van der Waals surface area contributed by atoms with E-state index in [2.05, 4.69) is 25.1 Å². The second-order valence-electron chi connectivity index (χ2n) is 11.6. The van der Waals surface area contributed by atoms with Crippen LogP contribution in [0.1, 0.15) is 56.6 Å². The fraction of sp³-hybridized carbons (Fsp3) is 0.607. The summed E-state index contributed by atoms with van der Waals surface area (Å²) in [5.41, 5.74) is 0.264. The normalized spacial score (nSPS) is 46.8. The number of rotatable bonds is 2. The van der Waals surface area contributed by atoms with Crippen molar-refractivity contribution in [3.8, 4) is 6.07 Å². The molecule has 6 heteroatoms. The van der Waals surface area contributed by atoms with Gasteiger partial charge >= 0.3 is 0 Å². The smallest absolute Gasteiger partial charge is 0.171 e. The number of halogens is 1. The maximum atomic E-state index is 16.8. The molecule has 2 saturated heterocycles. The first kappa shape index (κ1) is 22.4. The zero-order chi connectivity index (χ0) is 24.1. The lowest BCUT2D eigenvalue weighted by atomic mass is 9.56. The Morgan fingerprint density at radius 2 is 1.88 bits per heavy atom. The van der Waals surface area contributed by atoms with Crippen LogP contribution in [0.5, 0.6) is 0 Å². The molecule has 1 aromatic carbocycles. The average molecular weight is 465 g/mol. The molecule has 3 aliphatic carbocycles. The van der Waals surface area contributed by atoms with Crippen LogP contribution in [0.25, 0.3) is 5.57 Å². The third kappa shape index (κ3) is 2.57. The fourth-order valence-electron chi connectivity index (χ4n) is 8.16. The molecule has 2 heterocycles. The van der Waals surface area contributed by atoms with E-state index in [-0.39, 0.29) is 23.8 Å². The van der Waals surface area contributed by atoms with Crippen LogP contribution in [0, 0.1) is 22.7 Å². The fourth-order valence-corrected chi connectivity index (χ4v) is 8.16. The summed E-state index contributed by atoms with van der Waals surface area (Å²) >= 11 is 0. The van der Waals surface area contributed by atoms with Crippen LogP contribution < -0.4 is 0 Å². The van der Waals surface area contributed by atoms with Crippen LogP contribution in [0.4, 0.5) is 4.39 Å². The molecule has 3 fully saturated rings. The molecule has 34 heavy (non-hydrogen) atoms. The maximum absolute atomic E-state index is 16.8. The lowest BCUT2D eigenvalue weighted by Gasteiger charge is -2.61. The van der Waals surface area contributed by atoms with Gasteiger partial charge in [0, 0.05) is 23.8 Å². The molecule has 8 atom stereocenters. The number of ether oxygens (including phenoxy) is 1. The first-order valence-corrected chi connectivity index (χ1v) is 12.4. The van der Waals surface area contributed by atoms with E-state index in [1.54, 1.807) is 0 Å². The van der Waals surface area contributed by atoms with E-state index in [1.165, 1.54) is 5.57 Å². The number of fused-ring (bicyclic) bond motifs is 1. The van der Waals surface area contributed by atoms with Crippen LogP contribution in [0.2, 0.25) is 0 Å². The molecule has 180 valence electrons. The number of aliphatic hydroxyl groups excluding tert-OH is 2.